The first kappa shape index (κ1) is 20.3. The highest BCUT2D eigenvalue weighted by Crippen LogP contribution is 2.20. The molecule has 1 atom stereocenters. The van der Waals surface area contributed by atoms with Crippen LogP contribution in [-0.2, 0) is 6.54 Å². The van der Waals surface area contributed by atoms with E-state index in [2.05, 4.69) is 48.3 Å². The summed E-state index contributed by atoms with van der Waals surface area (Å²) in [6.07, 6.45) is 9.14. The standard InChI is InChI=1S/C22H38N2O/c1-3-5-6-7-8-16-25-22-13-11-20(12-14-22)18-24-15-9-10-21(19-24)17-23-4-2/h11-14,21,23H,3-10,15-19H2,1-2H3. The van der Waals surface area contributed by atoms with Crippen LogP contribution < -0.4 is 10.1 Å². The van der Waals surface area contributed by atoms with E-state index in [9.17, 15) is 0 Å². The molecule has 2 rings (SSSR count). The zero-order valence-electron chi connectivity index (χ0n) is 16.4. The smallest absolute Gasteiger partial charge is 0.119 e. The molecule has 1 aliphatic rings. The van der Waals surface area contributed by atoms with E-state index in [1.165, 1.54) is 63.6 Å². The maximum Gasteiger partial charge on any atom is 0.119 e. The van der Waals surface area contributed by atoms with Gasteiger partial charge >= 0.3 is 0 Å². The van der Waals surface area contributed by atoms with Crippen LogP contribution in [-0.4, -0.2) is 37.7 Å². The summed E-state index contributed by atoms with van der Waals surface area (Å²) in [5.41, 5.74) is 1.40. The molecule has 1 fully saturated rings. The predicted molar refractivity (Wildman–Crippen MR) is 107 cm³/mol. The van der Waals surface area contributed by atoms with Crippen LogP contribution in [0.5, 0.6) is 5.75 Å². The minimum atomic E-state index is 0.809. The number of likely N-dealkylation sites (tertiary alicyclic amines) is 1. The Kier molecular flexibility index (Phi) is 9.98. The monoisotopic (exact) mass is 346 g/mol. The lowest BCUT2D eigenvalue weighted by Crippen LogP contribution is -2.39. The summed E-state index contributed by atoms with van der Waals surface area (Å²) in [5.74, 6) is 1.83. The molecule has 1 heterocycles. The fourth-order valence-corrected chi connectivity index (χ4v) is 3.65. The third-order valence-corrected chi connectivity index (χ3v) is 5.13. The molecule has 1 aromatic rings. The van der Waals surface area contributed by atoms with Crippen LogP contribution in [0, 0.1) is 5.92 Å². The van der Waals surface area contributed by atoms with Crippen LogP contribution in [0.25, 0.3) is 0 Å². The van der Waals surface area contributed by atoms with Gasteiger partial charge in [-0.2, -0.15) is 0 Å². The zero-order chi connectivity index (χ0) is 17.7. The van der Waals surface area contributed by atoms with Gasteiger partial charge in [-0.05, 0) is 62.5 Å². The highest BCUT2D eigenvalue weighted by atomic mass is 16.5. The summed E-state index contributed by atoms with van der Waals surface area (Å²) in [4.78, 5) is 2.61. The van der Waals surface area contributed by atoms with Crippen LogP contribution in [0.2, 0.25) is 0 Å². The van der Waals surface area contributed by atoms with E-state index in [0.717, 1.165) is 37.9 Å². The Morgan fingerprint density at radius 2 is 1.88 bits per heavy atom. The van der Waals surface area contributed by atoms with Crippen molar-refractivity contribution in [3.63, 3.8) is 0 Å². The molecule has 3 heteroatoms. The molecule has 1 N–H and O–H groups in total. The molecular formula is C22H38N2O. The summed E-state index contributed by atoms with van der Waals surface area (Å²) in [6, 6.07) is 8.75. The summed E-state index contributed by atoms with van der Waals surface area (Å²) in [5, 5.41) is 3.50. The average molecular weight is 347 g/mol. The van der Waals surface area contributed by atoms with Crippen LogP contribution in [0.3, 0.4) is 0 Å². The fraction of sp³-hybridized carbons (Fsp3) is 0.727. The Morgan fingerprint density at radius 3 is 2.64 bits per heavy atom. The topological polar surface area (TPSA) is 24.5 Å². The maximum atomic E-state index is 5.87. The van der Waals surface area contributed by atoms with Crippen molar-refractivity contribution in [3.05, 3.63) is 29.8 Å². The van der Waals surface area contributed by atoms with Gasteiger partial charge in [0.05, 0.1) is 6.61 Å². The van der Waals surface area contributed by atoms with E-state index in [4.69, 9.17) is 4.74 Å². The second kappa shape index (κ2) is 12.3. The largest absolute Gasteiger partial charge is 0.494 e. The Morgan fingerprint density at radius 1 is 1.08 bits per heavy atom. The van der Waals surface area contributed by atoms with Crippen molar-refractivity contribution in [1.29, 1.82) is 0 Å². The van der Waals surface area contributed by atoms with Gasteiger partial charge < -0.3 is 10.1 Å². The molecule has 0 amide bonds. The van der Waals surface area contributed by atoms with Crippen molar-refractivity contribution in [2.45, 2.75) is 65.3 Å². The number of ether oxygens (including phenoxy) is 1. The van der Waals surface area contributed by atoms with E-state index >= 15 is 0 Å². The van der Waals surface area contributed by atoms with E-state index in [1.807, 2.05) is 0 Å². The molecule has 142 valence electrons. The van der Waals surface area contributed by atoms with Gasteiger partial charge in [-0.15, -0.1) is 0 Å². The van der Waals surface area contributed by atoms with Crippen LogP contribution in [0.1, 0.15) is 64.4 Å². The highest BCUT2D eigenvalue weighted by molar-refractivity contribution is 5.27. The van der Waals surface area contributed by atoms with E-state index in [-0.39, 0.29) is 0 Å². The van der Waals surface area contributed by atoms with Gasteiger partial charge in [-0.1, -0.05) is 51.7 Å². The molecule has 1 aromatic carbocycles. The van der Waals surface area contributed by atoms with Crippen molar-refractivity contribution in [1.82, 2.24) is 10.2 Å². The fourth-order valence-electron chi connectivity index (χ4n) is 3.65. The SMILES string of the molecule is CCCCCCCOc1ccc(CN2CCCC(CNCC)C2)cc1. The molecule has 25 heavy (non-hydrogen) atoms. The predicted octanol–water partition coefficient (Wildman–Crippen LogP) is 4.86. The average Bonchev–Trinajstić information content (AvgIpc) is 2.64. The third-order valence-electron chi connectivity index (χ3n) is 5.13. The summed E-state index contributed by atoms with van der Waals surface area (Å²) >= 11 is 0. The van der Waals surface area contributed by atoms with E-state index in [1.54, 1.807) is 0 Å². The Labute approximate surface area is 155 Å². The second-order valence-corrected chi connectivity index (χ2v) is 7.46. The molecule has 0 saturated carbocycles. The van der Waals surface area contributed by atoms with Gasteiger partial charge in [0.25, 0.3) is 0 Å². The first-order chi connectivity index (χ1) is 12.3. The molecule has 3 nitrogen and oxygen atoms in total. The number of nitrogens with one attached hydrogen (secondary N) is 1. The second-order valence-electron chi connectivity index (χ2n) is 7.46. The number of benzene rings is 1. The molecule has 1 unspecified atom stereocenters. The van der Waals surface area contributed by atoms with Crippen LogP contribution in [0.4, 0.5) is 0 Å². The number of hydrogen-bond donors (Lipinski definition) is 1. The Balaban J connectivity index is 1.67. The lowest BCUT2D eigenvalue weighted by atomic mass is 9.97. The Hall–Kier alpha value is -1.06. The van der Waals surface area contributed by atoms with Gasteiger partial charge in [0.2, 0.25) is 0 Å². The lowest BCUT2D eigenvalue weighted by molar-refractivity contribution is 0.166. The number of rotatable bonds is 12. The normalized spacial score (nSPS) is 18.4. The zero-order valence-corrected chi connectivity index (χ0v) is 16.4. The van der Waals surface area contributed by atoms with Crippen LogP contribution >= 0.6 is 0 Å². The molecular weight excluding hydrogens is 308 g/mol. The number of piperidine rings is 1. The van der Waals surface area contributed by atoms with Gasteiger partial charge in [-0.25, -0.2) is 0 Å². The highest BCUT2D eigenvalue weighted by Gasteiger charge is 2.19. The summed E-state index contributed by atoms with van der Waals surface area (Å²) in [6.45, 7) is 11.1. The first-order valence-electron chi connectivity index (χ1n) is 10.5. The molecule has 1 saturated heterocycles. The van der Waals surface area contributed by atoms with E-state index in [0.29, 0.717) is 0 Å². The first-order valence-corrected chi connectivity index (χ1v) is 10.5. The molecule has 1 aliphatic heterocycles. The molecule has 0 aliphatic carbocycles. The Bertz CT molecular complexity index is 446. The minimum absolute atomic E-state index is 0.809. The lowest BCUT2D eigenvalue weighted by Gasteiger charge is -2.32. The number of nitrogens with zero attached hydrogens (tertiary/aromatic N) is 1. The quantitative estimate of drug-likeness (QED) is 0.547. The van der Waals surface area contributed by atoms with Crippen molar-refractivity contribution in [2.24, 2.45) is 5.92 Å². The van der Waals surface area contributed by atoms with Gasteiger partial charge in [0.1, 0.15) is 5.75 Å². The van der Waals surface area contributed by atoms with Crippen molar-refractivity contribution in [2.75, 3.05) is 32.8 Å². The van der Waals surface area contributed by atoms with Crippen molar-refractivity contribution < 1.29 is 4.74 Å². The number of unbranched alkanes of at least 4 members (excludes halogenated alkanes) is 4. The van der Waals surface area contributed by atoms with E-state index < -0.39 is 0 Å². The minimum Gasteiger partial charge on any atom is -0.494 e. The molecule has 0 spiro atoms. The molecule has 0 bridgehead atoms. The number of hydrogen-bond acceptors (Lipinski definition) is 3. The molecule has 0 aromatic heterocycles. The van der Waals surface area contributed by atoms with Crippen molar-refractivity contribution >= 4 is 0 Å². The molecule has 0 radical (unpaired) electrons. The summed E-state index contributed by atoms with van der Waals surface area (Å²) in [7, 11) is 0. The third kappa shape index (κ3) is 8.24. The van der Waals surface area contributed by atoms with Crippen LogP contribution in [0.15, 0.2) is 24.3 Å². The van der Waals surface area contributed by atoms with Gasteiger partial charge in [0.15, 0.2) is 0 Å². The maximum absolute atomic E-state index is 5.87. The van der Waals surface area contributed by atoms with Crippen molar-refractivity contribution in [3.8, 4) is 5.75 Å². The van der Waals surface area contributed by atoms with Gasteiger partial charge in [0, 0.05) is 13.1 Å². The summed E-state index contributed by atoms with van der Waals surface area (Å²) < 4.78 is 5.87. The van der Waals surface area contributed by atoms with Gasteiger partial charge in [-0.3, -0.25) is 4.90 Å².